The second kappa shape index (κ2) is 15.6. The van der Waals surface area contributed by atoms with Crippen LogP contribution < -0.4 is 20.9 Å². The fourth-order valence-electron chi connectivity index (χ4n) is 5.49. The zero-order valence-electron chi connectivity index (χ0n) is 28.1. The molecule has 4 N–H and O–H groups in total. The number of carbonyl (C=O) groups excluding carboxylic acids is 2. The molecule has 0 saturated heterocycles. The van der Waals surface area contributed by atoms with E-state index in [1.54, 1.807) is 47.5 Å². The number of anilines is 1. The van der Waals surface area contributed by atoms with Crippen molar-refractivity contribution in [2.45, 2.75) is 93.6 Å². The van der Waals surface area contributed by atoms with E-state index < -0.39 is 34.0 Å². The molecule has 0 spiro atoms. The molecule has 3 atom stereocenters. The summed E-state index contributed by atoms with van der Waals surface area (Å²) in [6.07, 6.45) is 6.92. The number of aliphatic hydroxyl groups excluding tert-OH is 1. The number of thioether (sulfide) groups is 2. The molecule has 12 heteroatoms. The van der Waals surface area contributed by atoms with Crippen molar-refractivity contribution in [1.29, 1.82) is 0 Å². The summed E-state index contributed by atoms with van der Waals surface area (Å²) in [6, 6.07) is 12.7. The maximum absolute atomic E-state index is 14.1. The van der Waals surface area contributed by atoms with Crippen molar-refractivity contribution in [2.75, 3.05) is 23.5 Å². The van der Waals surface area contributed by atoms with Gasteiger partial charge in [0.25, 0.3) is 5.91 Å². The number of hydrogen-bond donors (Lipinski definition) is 4. The SMILES string of the molecule is CSc1ccc2c(c1)SC[C@@H](NC(=O)CC(C)(C)NC[C@@H](C)O)C(=O)N2Cc1ccc(C2=CC=CC(=S(=O)=O)C2NC(C)(C)C)cc1. The van der Waals surface area contributed by atoms with Crippen LogP contribution in [0, 0.1) is 0 Å². The monoisotopic (exact) mass is 698 g/mol. The largest absolute Gasteiger partial charge is 0.392 e. The van der Waals surface area contributed by atoms with Crippen LogP contribution in [0.1, 0.15) is 59.1 Å². The van der Waals surface area contributed by atoms with E-state index >= 15 is 0 Å². The van der Waals surface area contributed by atoms with E-state index in [1.165, 1.54) is 0 Å². The van der Waals surface area contributed by atoms with Gasteiger partial charge in [-0.2, -0.15) is 8.42 Å². The van der Waals surface area contributed by atoms with Crippen LogP contribution in [-0.4, -0.2) is 78.0 Å². The Kier molecular flexibility index (Phi) is 12.2. The Labute approximate surface area is 288 Å². The lowest BCUT2D eigenvalue weighted by Gasteiger charge is -2.31. The first kappa shape index (κ1) is 37.0. The van der Waals surface area contributed by atoms with Crippen LogP contribution in [0.2, 0.25) is 0 Å². The lowest BCUT2D eigenvalue weighted by molar-refractivity contribution is -0.127. The number of allylic oxidation sites excluding steroid dienone is 2. The van der Waals surface area contributed by atoms with Crippen LogP contribution in [0.25, 0.3) is 5.57 Å². The number of fused-ring (bicyclic) bond motifs is 1. The number of nitrogens with zero attached hydrogens (tertiary/aromatic N) is 1. The van der Waals surface area contributed by atoms with Crippen molar-refractivity contribution in [3.63, 3.8) is 0 Å². The standard InChI is InChI=1S/C35H46N4O5S3/c1-22(40)19-36-35(5,6)18-31(41)37-27-21-46-29-17-25(45-7)15-16-28(29)39(33(27)42)20-23-11-13-24(14-12-23)26-9-8-10-30(47(43)44)32(26)38-34(2,3)4/h8-17,22,27,32,36,38,40H,18-21H2,1-7H3,(H,37,41)/t22-,27-,32?/m1/s1. The highest BCUT2D eigenvalue weighted by atomic mass is 32.2. The van der Waals surface area contributed by atoms with E-state index in [2.05, 4.69) is 22.0 Å². The van der Waals surface area contributed by atoms with E-state index in [1.807, 2.05) is 83.3 Å². The number of amides is 2. The van der Waals surface area contributed by atoms with Crippen molar-refractivity contribution in [3.05, 3.63) is 71.8 Å². The molecule has 2 amide bonds. The Hall–Kier alpha value is -2.87. The lowest BCUT2D eigenvalue weighted by Crippen LogP contribution is -2.52. The number of benzene rings is 2. The second-order valence-corrected chi connectivity index (χ2v) is 16.5. The molecule has 0 radical (unpaired) electrons. The number of β-amino-alcohol motifs (C(OH)–C–C–N with tert-alkyl or cyclic N) is 1. The first-order valence-electron chi connectivity index (χ1n) is 15.6. The normalized spacial score (nSPS) is 19.1. The van der Waals surface area contributed by atoms with Crippen molar-refractivity contribution < 1.29 is 23.1 Å². The molecular weight excluding hydrogens is 653 g/mol. The highest BCUT2D eigenvalue weighted by Gasteiger charge is 2.34. The summed E-state index contributed by atoms with van der Waals surface area (Å²) in [6.45, 7) is 12.1. The van der Waals surface area contributed by atoms with Gasteiger partial charge in [-0.05, 0) is 88.8 Å². The fraction of sp³-hybridized carbons (Fsp3) is 0.457. The average Bonchev–Trinajstić information content (AvgIpc) is 3.11. The summed E-state index contributed by atoms with van der Waals surface area (Å²) < 4.78 is 24.2. The van der Waals surface area contributed by atoms with E-state index in [-0.39, 0.29) is 28.6 Å². The predicted octanol–water partition coefficient (Wildman–Crippen LogP) is 4.43. The van der Waals surface area contributed by atoms with E-state index in [0.717, 1.165) is 32.2 Å². The second-order valence-electron chi connectivity index (χ2n) is 13.6. The lowest BCUT2D eigenvalue weighted by atomic mass is 9.90. The summed E-state index contributed by atoms with van der Waals surface area (Å²) in [5.74, 6) is -0.0292. The Morgan fingerprint density at radius 1 is 1.13 bits per heavy atom. The van der Waals surface area contributed by atoms with Gasteiger partial charge in [0.1, 0.15) is 6.04 Å². The maximum Gasteiger partial charge on any atom is 0.250 e. The number of rotatable bonds is 11. The molecule has 2 aromatic rings. The maximum atomic E-state index is 14.1. The van der Waals surface area contributed by atoms with Crippen molar-refractivity contribution >= 4 is 61.8 Å². The molecule has 1 aliphatic heterocycles. The van der Waals surface area contributed by atoms with Gasteiger partial charge < -0.3 is 26.0 Å². The molecule has 2 aliphatic rings. The Bertz CT molecular complexity index is 1670. The number of aliphatic hydroxyl groups is 1. The van der Waals surface area contributed by atoms with Crippen molar-refractivity contribution in [3.8, 4) is 0 Å². The Balaban J connectivity index is 1.59. The highest BCUT2D eigenvalue weighted by Crippen LogP contribution is 2.38. The molecule has 9 nitrogen and oxygen atoms in total. The van der Waals surface area contributed by atoms with Gasteiger partial charge in [-0.15, -0.1) is 23.5 Å². The molecule has 1 aliphatic carbocycles. The summed E-state index contributed by atoms with van der Waals surface area (Å²) in [7, 11) is -2.38. The fourth-order valence-corrected chi connectivity index (χ4v) is 7.68. The summed E-state index contributed by atoms with van der Waals surface area (Å²) >= 11 is 3.19. The highest BCUT2D eigenvalue weighted by molar-refractivity contribution is 8.00. The van der Waals surface area contributed by atoms with Crippen LogP contribution in [0.4, 0.5) is 5.69 Å². The van der Waals surface area contributed by atoms with E-state index in [9.17, 15) is 23.1 Å². The van der Waals surface area contributed by atoms with Crippen LogP contribution >= 0.6 is 23.5 Å². The number of nitrogens with one attached hydrogen (secondary N) is 3. The zero-order valence-corrected chi connectivity index (χ0v) is 30.5. The first-order chi connectivity index (χ1) is 22.1. The van der Waals surface area contributed by atoms with Crippen LogP contribution in [0.15, 0.2) is 70.5 Å². The van der Waals surface area contributed by atoms with Gasteiger partial charge in [0.2, 0.25) is 16.2 Å². The molecule has 4 rings (SSSR count). The zero-order chi connectivity index (χ0) is 34.5. The average molecular weight is 699 g/mol. The third-order valence-electron chi connectivity index (χ3n) is 7.77. The summed E-state index contributed by atoms with van der Waals surface area (Å²) in [5.41, 5.74) is 2.52. The van der Waals surface area contributed by atoms with Gasteiger partial charge in [0, 0.05) is 39.6 Å². The molecule has 1 heterocycles. The molecule has 47 heavy (non-hydrogen) atoms. The van der Waals surface area contributed by atoms with Gasteiger partial charge in [0.05, 0.1) is 29.2 Å². The Morgan fingerprint density at radius 2 is 1.83 bits per heavy atom. The first-order valence-corrected chi connectivity index (χ1v) is 18.9. The Morgan fingerprint density at radius 3 is 2.45 bits per heavy atom. The van der Waals surface area contributed by atoms with Crippen LogP contribution in [0.3, 0.4) is 0 Å². The molecule has 0 bridgehead atoms. The number of carbonyl (C=O) groups is 2. The smallest absolute Gasteiger partial charge is 0.250 e. The molecule has 0 aromatic heterocycles. The van der Waals surface area contributed by atoms with Crippen LogP contribution in [-0.2, 0) is 26.4 Å². The van der Waals surface area contributed by atoms with Crippen LogP contribution in [0.5, 0.6) is 0 Å². The third kappa shape index (κ3) is 10.1. The predicted molar refractivity (Wildman–Crippen MR) is 195 cm³/mol. The molecule has 254 valence electrons. The van der Waals surface area contributed by atoms with Gasteiger partial charge in [-0.3, -0.25) is 9.59 Å². The van der Waals surface area contributed by atoms with Gasteiger partial charge in [0.15, 0.2) is 0 Å². The van der Waals surface area contributed by atoms with E-state index in [4.69, 9.17) is 0 Å². The molecule has 0 fully saturated rings. The molecule has 2 aromatic carbocycles. The summed E-state index contributed by atoms with van der Waals surface area (Å²) in [5, 5.41) is 19.3. The van der Waals surface area contributed by atoms with Gasteiger partial charge in [-0.25, -0.2) is 0 Å². The number of hydrogen-bond acceptors (Lipinski definition) is 9. The molecular formula is C35H46N4O5S3. The van der Waals surface area contributed by atoms with Crippen molar-refractivity contribution in [2.24, 2.45) is 0 Å². The van der Waals surface area contributed by atoms with Gasteiger partial charge >= 0.3 is 0 Å². The molecule has 0 saturated carbocycles. The minimum atomic E-state index is -2.38. The van der Waals surface area contributed by atoms with E-state index in [0.29, 0.717) is 18.8 Å². The third-order valence-corrected chi connectivity index (χ3v) is 10.4. The molecule has 1 unspecified atom stereocenters. The quantitative estimate of drug-likeness (QED) is 0.199. The topological polar surface area (TPSA) is 128 Å². The minimum absolute atomic E-state index is 0.147. The van der Waals surface area contributed by atoms with Gasteiger partial charge in [-0.1, -0.05) is 36.4 Å². The summed E-state index contributed by atoms with van der Waals surface area (Å²) in [4.78, 5) is 31.4. The van der Waals surface area contributed by atoms with Crippen molar-refractivity contribution in [1.82, 2.24) is 16.0 Å². The minimum Gasteiger partial charge on any atom is -0.392 e.